The first-order chi connectivity index (χ1) is 13.6. The highest BCUT2D eigenvalue weighted by Gasteiger charge is 2.33. The number of rotatable bonds is 3. The van der Waals surface area contributed by atoms with Gasteiger partial charge in [-0.05, 0) is 41.9 Å². The monoisotopic (exact) mass is 386 g/mol. The first-order valence-corrected chi connectivity index (χ1v) is 9.15. The van der Waals surface area contributed by atoms with Crippen molar-refractivity contribution in [3.8, 4) is 5.69 Å². The fourth-order valence-corrected chi connectivity index (χ4v) is 3.90. The molecule has 0 radical (unpaired) electrons. The molecule has 28 heavy (non-hydrogen) atoms. The lowest BCUT2D eigenvalue weighted by atomic mass is 9.94. The number of H-pyrrole nitrogens is 1. The molecule has 2 amide bonds. The summed E-state index contributed by atoms with van der Waals surface area (Å²) in [6, 6.07) is 20.4. The van der Waals surface area contributed by atoms with Crippen molar-refractivity contribution in [2.45, 2.75) is 6.54 Å². The topological polar surface area (TPSA) is 71.0 Å². The molecule has 1 aromatic heterocycles. The van der Waals surface area contributed by atoms with Gasteiger partial charge in [0, 0.05) is 22.2 Å². The van der Waals surface area contributed by atoms with Gasteiger partial charge in [-0.1, -0.05) is 42.5 Å². The Morgan fingerprint density at radius 1 is 0.857 bits per heavy atom. The minimum absolute atomic E-state index is 0.0183. The summed E-state index contributed by atoms with van der Waals surface area (Å²) in [5.74, 6) is -0.171. The SMILES string of the molecule is O=C1c2cccc3cccc(c23)C(=O)N1Cc1n[nH]c(=S)n1-c1ccccc1. The summed E-state index contributed by atoms with van der Waals surface area (Å²) in [5, 5.41) is 8.60. The van der Waals surface area contributed by atoms with Crippen molar-refractivity contribution in [3.63, 3.8) is 0 Å². The molecule has 1 aliphatic rings. The van der Waals surface area contributed by atoms with Gasteiger partial charge in [-0.2, -0.15) is 5.10 Å². The first kappa shape index (κ1) is 16.6. The number of benzene rings is 3. The van der Waals surface area contributed by atoms with E-state index in [4.69, 9.17) is 12.2 Å². The summed E-state index contributed by atoms with van der Waals surface area (Å²) in [6.45, 7) is 0.0183. The molecule has 1 N–H and O–H groups in total. The van der Waals surface area contributed by atoms with Crippen LogP contribution in [0, 0.1) is 4.77 Å². The second kappa shape index (κ2) is 6.24. The van der Waals surface area contributed by atoms with Crippen molar-refractivity contribution in [2.75, 3.05) is 0 Å². The lowest BCUT2D eigenvalue weighted by molar-refractivity contribution is 0.0593. The second-order valence-corrected chi connectivity index (χ2v) is 6.91. The van der Waals surface area contributed by atoms with Gasteiger partial charge in [0.1, 0.15) is 0 Å². The zero-order valence-corrected chi connectivity index (χ0v) is 15.4. The lowest BCUT2D eigenvalue weighted by Gasteiger charge is -2.26. The summed E-state index contributed by atoms with van der Waals surface area (Å²) < 4.78 is 2.14. The molecule has 2 heterocycles. The van der Waals surface area contributed by atoms with Gasteiger partial charge in [-0.15, -0.1) is 0 Å². The van der Waals surface area contributed by atoms with Crippen LogP contribution in [0.4, 0.5) is 0 Å². The van der Waals surface area contributed by atoms with Crippen molar-refractivity contribution >= 4 is 34.8 Å². The molecule has 0 saturated carbocycles. The van der Waals surface area contributed by atoms with Crippen LogP contribution in [-0.2, 0) is 6.54 Å². The molecule has 0 unspecified atom stereocenters. The Kier molecular flexibility index (Phi) is 3.70. The van der Waals surface area contributed by atoms with E-state index in [2.05, 4.69) is 10.2 Å². The van der Waals surface area contributed by atoms with Crippen LogP contribution in [0.3, 0.4) is 0 Å². The molecule has 3 aromatic carbocycles. The maximum absolute atomic E-state index is 13.1. The Balaban J connectivity index is 1.61. The second-order valence-electron chi connectivity index (χ2n) is 6.52. The number of carbonyl (C=O) groups excluding carboxylic acids is 2. The molecule has 136 valence electrons. The lowest BCUT2D eigenvalue weighted by Crippen LogP contribution is -2.40. The van der Waals surface area contributed by atoms with E-state index >= 15 is 0 Å². The van der Waals surface area contributed by atoms with E-state index in [1.807, 2.05) is 54.6 Å². The molecule has 0 fully saturated rings. The summed E-state index contributed by atoms with van der Waals surface area (Å²) in [5.41, 5.74) is 1.86. The van der Waals surface area contributed by atoms with E-state index in [0.717, 1.165) is 11.1 Å². The predicted octanol–water partition coefficient (Wildman–Crippen LogP) is 3.88. The Hall–Kier alpha value is -3.58. The van der Waals surface area contributed by atoms with Crippen LogP contribution >= 0.6 is 12.2 Å². The van der Waals surface area contributed by atoms with Crippen LogP contribution in [0.2, 0.25) is 0 Å². The van der Waals surface area contributed by atoms with E-state index in [1.54, 1.807) is 16.7 Å². The maximum Gasteiger partial charge on any atom is 0.261 e. The normalized spacial score (nSPS) is 13.4. The van der Waals surface area contributed by atoms with E-state index in [9.17, 15) is 9.59 Å². The average molecular weight is 386 g/mol. The Bertz CT molecular complexity index is 1260. The quantitative estimate of drug-likeness (QED) is 0.428. The van der Waals surface area contributed by atoms with Crippen molar-refractivity contribution in [2.24, 2.45) is 0 Å². The Labute approximate surface area is 165 Å². The van der Waals surface area contributed by atoms with E-state index in [0.29, 0.717) is 27.1 Å². The number of nitrogens with one attached hydrogen (secondary N) is 1. The molecule has 0 aliphatic carbocycles. The third-order valence-corrected chi connectivity index (χ3v) is 5.19. The van der Waals surface area contributed by atoms with Crippen LogP contribution < -0.4 is 0 Å². The fraction of sp³-hybridized carbons (Fsp3) is 0.0476. The van der Waals surface area contributed by atoms with Crippen LogP contribution in [0.5, 0.6) is 0 Å². The van der Waals surface area contributed by atoms with Crippen molar-refractivity contribution in [3.05, 3.63) is 88.5 Å². The largest absolute Gasteiger partial charge is 0.271 e. The van der Waals surface area contributed by atoms with Crippen LogP contribution in [-0.4, -0.2) is 31.5 Å². The van der Waals surface area contributed by atoms with Crippen LogP contribution in [0.25, 0.3) is 16.5 Å². The minimum Gasteiger partial charge on any atom is -0.271 e. The number of hydrogen-bond donors (Lipinski definition) is 1. The first-order valence-electron chi connectivity index (χ1n) is 8.75. The predicted molar refractivity (Wildman–Crippen MR) is 107 cm³/mol. The zero-order valence-electron chi connectivity index (χ0n) is 14.6. The number of carbonyl (C=O) groups is 2. The standard InChI is InChI=1S/C21H14N4O2S/c26-19-15-10-4-6-13-7-5-11-16(18(13)15)20(27)24(19)12-17-22-23-21(28)25(17)14-8-2-1-3-9-14/h1-11H,12H2,(H,23,28). The Morgan fingerprint density at radius 2 is 1.50 bits per heavy atom. The number of amides is 2. The van der Waals surface area contributed by atoms with Gasteiger partial charge in [-0.3, -0.25) is 24.2 Å². The molecular formula is C21H14N4O2S. The summed E-state index contributed by atoms with van der Waals surface area (Å²) in [7, 11) is 0. The van der Waals surface area contributed by atoms with Crippen molar-refractivity contribution in [1.29, 1.82) is 0 Å². The molecule has 0 bridgehead atoms. The van der Waals surface area contributed by atoms with Gasteiger partial charge in [0.05, 0.1) is 6.54 Å². The van der Waals surface area contributed by atoms with Gasteiger partial charge in [0.15, 0.2) is 10.6 Å². The molecule has 0 spiro atoms. The van der Waals surface area contributed by atoms with Gasteiger partial charge < -0.3 is 0 Å². The van der Waals surface area contributed by atoms with Gasteiger partial charge in [0.2, 0.25) is 0 Å². The smallest absolute Gasteiger partial charge is 0.261 e. The number of aromatic nitrogens is 3. The maximum atomic E-state index is 13.1. The molecular weight excluding hydrogens is 372 g/mol. The van der Waals surface area contributed by atoms with Gasteiger partial charge in [0.25, 0.3) is 11.8 Å². The highest BCUT2D eigenvalue weighted by atomic mass is 32.1. The third-order valence-electron chi connectivity index (χ3n) is 4.91. The highest BCUT2D eigenvalue weighted by Crippen LogP contribution is 2.30. The van der Waals surface area contributed by atoms with Gasteiger partial charge in [-0.25, -0.2) is 0 Å². The summed E-state index contributed by atoms with van der Waals surface area (Å²) >= 11 is 5.35. The molecule has 7 heteroatoms. The number of hydrogen-bond acceptors (Lipinski definition) is 4. The third kappa shape index (κ3) is 2.40. The summed E-state index contributed by atoms with van der Waals surface area (Å²) in [6.07, 6.45) is 0. The van der Waals surface area contributed by atoms with Crippen LogP contribution in [0.1, 0.15) is 26.5 Å². The van der Waals surface area contributed by atoms with E-state index in [1.165, 1.54) is 4.90 Å². The highest BCUT2D eigenvalue weighted by molar-refractivity contribution is 7.71. The van der Waals surface area contributed by atoms with E-state index < -0.39 is 0 Å². The number of aromatic amines is 1. The van der Waals surface area contributed by atoms with Gasteiger partial charge >= 0.3 is 0 Å². The average Bonchev–Trinajstić information content (AvgIpc) is 3.10. The molecule has 5 rings (SSSR count). The molecule has 0 atom stereocenters. The number of para-hydroxylation sites is 1. The minimum atomic E-state index is -0.331. The Morgan fingerprint density at radius 3 is 2.14 bits per heavy atom. The number of imide groups is 1. The molecule has 6 nitrogen and oxygen atoms in total. The fourth-order valence-electron chi connectivity index (χ4n) is 3.64. The van der Waals surface area contributed by atoms with Crippen molar-refractivity contribution in [1.82, 2.24) is 19.7 Å². The number of nitrogens with zero attached hydrogens (tertiary/aromatic N) is 3. The molecule has 4 aromatic rings. The van der Waals surface area contributed by atoms with Crippen molar-refractivity contribution < 1.29 is 9.59 Å². The van der Waals surface area contributed by atoms with Crippen LogP contribution in [0.15, 0.2) is 66.7 Å². The molecule has 0 saturated heterocycles. The summed E-state index contributed by atoms with van der Waals surface area (Å²) in [4.78, 5) is 27.4. The zero-order chi connectivity index (χ0) is 19.3. The van der Waals surface area contributed by atoms with E-state index in [-0.39, 0.29) is 18.4 Å². The molecule has 1 aliphatic heterocycles.